The Morgan fingerprint density at radius 2 is 1.67 bits per heavy atom. The number of carbonyl (C=O) groups is 2. The highest BCUT2D eigenvalue weighted by Gasteiger charge is 2.54. The van der Waals surface area contributed by atoms with Gasteiger partial charge in [-0.05, 0) is 43.3 Å². The number of benzene rings is 1. The molecule has 2 saturated heterocycles. The van der Waals surface area contributed by atoms with Crippen LogP contribution >= 0.6 is 0 Å². The summed E-state index contributed by atoms with van der Waals surface area (Å²) in [5.41, 5.74) is -1.03. The maximum absolute atomic E-state index is 13.4. The first-order valence-electron chi connectivity index (χ1n) is 13.1. The fourth-order valence-electron chi connectivity index (χ4n) is 6.05. The fraction of sp³-hybridized carbons (Fsp3) is 0.448. The van der Waals surface area contributed by atoms with E-state index >= 15 is 0 Å². The molecule has 210 valence electrons. The van der Waals surface area contributed by atoms with E-state index in [1.807, 2.05) is 18.2 Å². The molecule has 2 fully saturated rings. The Balaban J connectivity index is 0.00000353. The highest BCUT2D eigenvalue weighted by Crippen LogP contribution is 2.44. The van der Waals surface area contributed by atoms with E-state index in [4.69, 9.17) is 23.0 Å². The van der Waals surface area contributed by atoms with Crippen molar-refractivity contribution in [2.45, 2.75) is 62.9 Å². The number of aliphatic hydroxyl groups is 1. The zero-order chi connectivity index (χ0) is 26.8. The SMILES string of the molecule is CCOC(=O)COc1cccc(C[N+]2(C)[C@@H]3CC[C@H]2C[C@H](OC(=O)C(O)(c2ccco2)c2ccco2)C3)c1.[Br-]. The van der Waals surface area contributed by atoms with Gasteiger partial charge < -0.3 is 49.6 Å². The van der Waals surface area contributed by atoms with E-state index in [-0.39, 0.29) is 41.2 Å². The van der Waals surface area contributed by atoms with Crippen molar-refractivity contribution in [1.29, 1.82) is 0 Å². The van der Waals surface area contributed by atoms with Crippen LogP contribution in [0.15, 0.2) is 69.9 Å². The molecule has 0 saturated carbocycles. The highest BCUT2D eigenvalue weighted by molar-refractivity contribution is 5.83. The maximum Gasteiger partial charge on any atom is 0.354 e. The number of fused-ring (bicyclic) bond motifs is 2. The molecular formula is C29H34BrNO8. The Labute approximate surface area is 238 Å². The Kier molecular flexibility index (Phi) is 8.88. The minimum Gasteiger partial charge on any atom is -1.00 e. The van der Waals surface area contributed by atoms with Crippen molar-refractivity contribution in [3.63, 3.8) is 0 Å². The minimum absolute atomic E-state index is 0. The van der Waals surface area contributed by atoms with Gasteiger partial charge in [0.25, 0.3) is 5.60 Å². The average molecular weight is 604 g/mol. The molecule has 0 radical (unpaired) electrons. The standard InChI is InChI=1S/C29H34NO8.BrH/c1-3-34-27(31)19-37-23-8-4-7-20(15-23)18-30(2)21-11-12-22(30)17-24(16-21)38-28(32)29(33,25-9-5-13-35-25)26-10-6-14-36-26;/h4-10,13-15,21-22,24,33H,3,11-12,16-19H2,1-2H3;1H/q+1;/p-1/t21-,22+,24-,30?;. The summed E-state index contributed by atoms with van der Waals surface area (Å²) >= 11 is 0. The molecule has 1 N–H and O–H groups in total. The second-order valence-corrected chi connectivity index (χ2v) is 10.3. The molecule has 0 amide bonds. The van der Waals surface area contributed by atoms with Crippen LogP contribution in [-0.2, 0) is 31.2 Å². The number of hydrogen-bond acceptors (Lipinski definition) is 8. The van der Waals surface area contributed by atoms with Gasteiger partial charge in [-0.1, -0.05) is 12.1 Å². The van der Waals surface area contributed by atoms with Crippen LogP contribution in [0.3, 0.4) is 0 Å². The van der Waals surface area contributed by atoms with Gasteiger partial charge in [0.1, 0.15) is 18.4 Å². The van der Waals surface area contributed by atoms with Gasteiger partial charge in [0.15, 0.2) is 18.1 Å². The van der Waals surface area contributed by atoms with Crippen molar-refractivity contribution >= 4 is 11.9 Å². The minimum atomic E-state index is -2.15. The summed E-state index contributed by atoms with van der Waals surface area (Å²) in [7, 11) is 2.26. The summed E-state index contributed by atoms with van der Waals surface area (Å²) in [6.45, 7) is 2.76. The monoisotopic (exact) mass is 603 g/mol. The lowest BCUT2D eigenvalue weighted by Gasteiger charge is -2.47. The molecule has 0 spiro atoms. The molecule has 9 nitrogen and oxygen atoms in total. The van der Waals surface area contributed by atoms with Crippen LogP contribution in [0.4, 0.5) is 0 Å². The van der Waals surface area contributed by atoms with Crippen LogP contribution in [0.5, 0.6) is 5.75 Å². The van der Waals surface area contributed by atoms with Crippen LogP contribution in [0.2, 0.25) is 0 Å². The predicted molar refractivity (Wildman–Crippen MR) is 135 cm³/mol. The van der Waals surface area contributed by atoms with Crippen LogP contribution in [-0.4, -0.2) is 60.0 Å². The van der Waals surface area contributed by atoms with Crippen molar-refractivity contribution in [2.75, 3.05) is 20.3 Å². The van der Waals surface area contributed by atoms with Crippen LogP contribution in [0, 0.1) is 0 Å². The quantitative estimate of drug-likeness (QED) is 0.269. The number of piperidine rings is 1. The third kappa shape index (κ3) is 5.78. The van der Waals surface area contributed by atoms with Gasteiger partial charge in [-0.25, -0.2) is 9.59 Å². The molecule has 3 aromatic rings. The molecule has 1 unspecified atom stereocenters. The number of nitrogens with zero attached hydrogens (tertiary/aromatic N) is 1. The largest absolute Gasteiger partial charge is 1.00 e. The van der Waals surface area contributed by atoms with Gasteiger partial charge in [0.05, 0.1) is 38.3 Å². The lowest BCUT2D eigenvalue weighted by atomic mass is 9.94. The Morgan fingerprint density at radius 3 is 2.23 bits per heavy atom. The smallest absolute Gasteiger partial charge is 0.354 e. The van der Waals surface area contributed by atoms with Gasteiger partial charge in [-0.2, -0.15) is 0 Å². The van der Waals surface area contributed by atoms with E-state index in [1.165, 1.54) is 24.7 Å². The Bertz CT molecular complexity index is 1190. The zero-order valence-corrected chi connectivity index (χ0v) is 23.7. The van der Waals surface area contributed by atoms with Crippen molar-refractivity contribution in [3.8, 4) is 5.75 Å². The van der Waals surface area contributed by atoms with Crippen molar-refractivity contribution in [2.24, 2.45) is 0 Å². The number of rotatable bonds is 10. The summed E-state index contributed by atoms with van der Waals surface area (Å²) in [5, 5.41) is 11.4. The number of carbonyl (C=O) groups excluding carboxylic acids is 2. The topological polar surface area (TPSA) is 108 Å². The number of esters is 2. The molecule has 4 atom stereocenters. The second-order valence-electron chi connectivity index (χ2n) is 10.3. The molecule has 4 heterocycles. The summed E-state index contributed by atoms with van der Waals surface area (Å²) in [6, 6.07) is 14.7. The average Bonchev–Trinajstić information content (AvgIpc) is 3.65. The van der Waals surface area contributed by atoms with Crippen LogP contribution in [0.1, 0.15) is 49.7 Å². The van der Waals surface area contributed by atoms with E-state index in [2.05, 4.69) is 13.1 Å². The van der Waals surface area contributed by atoms with Crippen LogP contribution in [0.25, 0.3) is 0 Å². The molecule has 5 rings (SSSR count). The second kappa shape index (κ2) is 12.0. The third-order valence-electron chi connectivity index (χ3n) is 7.98. The Morgan fingerprint density at radius 1 is 1.03 bits per heavy atom. The first kappa shape index (κ1) is 28.9. The Hall–Kier alpha value is -3.08. The van der Waals surface area contributed by atoms with E-state index in [9.17, 15) is 14.7 Å². The molecule has 2 aliphatic rings. The lowest BCUT2D eigenvalue weighted by Crippen LogP contribution is -3.00. The first-order chi connectivity index (χ1) is 18.3. The molecular weight excluding hydrogens is 570 g/mol. The summed E-state index contributed by atoms with van der Waals surface area (Å²) in [4.78, 5) is 25.0. The molecule has 1 aromatic carbocycles. The molecule has 2 aromatic heterocycles. The van der Waals surface area contributed by atoms with Gasteiger partial charge >= 0.3 is 11.9 Å². The fourth-order valence-corrected chi connectivity index (χ4v) is 6.05. The van der Waals surface area contributed by atoms with E-state index in [0.29, 0.717) is 37.3 Å². The molecule has 2 bridgehead atoms. The van der Waals surface area contributed by atoms with E-state index in [0.717, 1.165) is 29.4 Å². The molecule has 10 heteroatoms. The number of halogens is 1. The van der Waals surface area contributed by atoms with Gasteiger partial charge in [-0.3, -0.25) is 0 Å². The normalized spacial score (nSPS) is 24.0. The van der Waals surface area contributed by atoms with Crippen LogP contribution < -0.4 is 21.7 Å². The predicted octanol–water partition coefficient (Wildman–Crippen LogP) is 0.938. The van der Waals surface area contributed by atoms with E-state index in [1.54, 1.807) is 19.1 Å². The maximum atomic E-state index is 13.4. The summed E-state index contributed by atoms with van der Waals surface area (Å²) in [6.07, 6.45) is 5.95. The van der Waals surface area contributed by atoms with Gasteiger partial charge in [0, 0.05) is 31.2 Å². The third-order valence-corrected chi connectivity index (χ3v) is 7.98. The number of hydrogen-bond donors (Lipinski definition) is 1. The zero-order valence-electron chi connectivity index (χ0n) is 22.1. The van der Waals surface area contributed by atoms with Gasteiger partial charge in [-0.15, -0.1) is 0 Å². The van der Waals surface area contributed by atoms with Crippen molar-refractivity contribution in [3.05, 3.63) is 78.1 Å². The number of quaternary nitrogens is 1. The first-order valence-corrected chi connectivity index (χ1v) is 13.1. The highest BCUT2D eigenvalue weighted by atomic mass is 79.9. The summed E-state index contributed by atoms with van der Waals surface area (Å²) in [5.74, 6) is -0.441. The number of ether oxygens (including phenoxy) is 3. The lowest BCUT2D eigenvalue weighted by molar-refractivity contribution is -0.961. The number of furan rings is 2. The van der Waals surface area contributed by atoms with Gasteiger partial charge in [0.2, 0.25) is 0 Å². The molecule has 0 aliphatic carbocycles. The van der Waals surface area contributed by atoms with Crippen molar-refractivity contribution < 1.29 is 59.2 Å². The van der Waals surface area contributed by atoms with Crippen molar-refractivity contribution in [1.82, 2.24) is 0 Å². The molecule has 39 heavy (non-hydrogen) atoms. The summed E-state index contributed by atoms with van der Waals surface area (Å²) < 4.78 is 28.1. The molecule has 2 aliphatic heterocycles. The van der Waals surface area contributed by atoms with E-state index < -0.39 is 17.5 Å².